The fourth-order valence-corrected chi connectivity index (χ4v) is 2.28. The molecular formula is C14H16N6O2. The number of nitrogen functional groups attached to an aromatic ring is 1. The van der Waals surface area contributed by atoms with Crippen molar-refractivity contribution < 1.29 is 9.84 Å². The maximum atomic E-state index is 8.98. The third-order valence-corrected chi connectivity index (χ3v) is 3.20. The van der Waals surface area contributed by atoms with Crippen LogP contribution in [0, 0.1) is 0 Å². The van der Waals surface area contributed by atoms with Crippen molar-refractivity contribution in [2.75, 3.05) is 31.3 Å². The zero-order chi connectivity index (χ0) is 15.5. The summed E-state index contributed by atoms with van der Waals surface area (Å²) in [6.45, 7) is 0.342. The number of aliphatic hydroxyl groups is 1. The molecule has 2 heterocycles. The third-order valence-electron chi connectivity index (χ3n) is 3.20. The fourth-order valence-electron chi connectivity index (χ4n) is 2.28. The molecule has 0 amide bonds. The number of benzene rings is 1. The Balaban J connectivity index is 2.22. The van der Waals surface area contributed by atoms with Crippen molar-refractivity contribution in [2.24, 2.45) is 0 Å². The molecule has 0 bridgehead atoms. The molecule has 114 valence electrons. The molecule has 2 aromatic heterocycles. The number of anilines is 2. The van der Waals surface area contributed by atoms with Crippen LogP contribution in [0.15, 0.2) is 24.4 Å². The highest BCUT2D eigenvalue weighted by Gasteiger charge is 2.14. The van der Waals surface area contributed by atoms with Gasteiger partial charge in [-0.3, -0.25) is 5.10 Å². The van der Waals surface area contributed by atoms with Crippen molar-refractivity contribution in [3.63, 3.8) is 0 Å². The zero-order valence-electron chi connectivity index (χ0n) is 12.0. The van der Waals surface area contributed by atoms with Gasteiger partial charge in [0.15, 0.2) is 0 Å². The van der Waals surface area contributed by atoms with E-state index in [4.69, 9.17) is 15.6 Å². The molecule has 0 aliphatic heterocycles. The molecular weight excluding hydrogens is 284 g/mol. The molecule has 0 spiro atoms. The number of hydrogen-bond donors (Lipinski definition) is 4. The van der Waals surface area contributed by atoms with Gasteiger partial charge in [0.2, 0.25) is 5.95 Å². The van der Waals surface area contributed by atoms with E-state index in [2.05, 4.69) is 25.5 Å². The summed E-state index contributed by atoms with van der Waals surface area (Å²) in [5, 5.41) is 19.7. The number of nitrogens with zero attached hydrogens (tertiary/aromatic N) is 3. The second-order valence-electron chi connectivity index (χ2n) is 4.61. The second kappa shape index (κ2) is 5.86. The van der Waals surface area contributed by atoms with Crippen molar-refractivity contribution in [3.8, 4) is 17.0 Å². The minimum absolute atomic E-state index is 0.0148. The molecule has 0 radical (unpaired) electrons. The summed E-state index contributed by atoms with van der Waals surface area (Å²) in [7, 11) is 1.58. The van der Waals surface area contributed by atoms with Crippen molar-refractivity contribution in [3.05, 3.63) is 24.4 Å². The first-order valence-corrected chi connectivity index (χ1v) is 6.73. The number of H-pyrrole nitrogens is 1. The Morgan fingerprint density at radius 2 is 2.23 bits per heavy atom. The van der Waals surface area contributed by atoms with E-state index in [0.717, 1.165) is 11.3 Å². The van der Waals surface area contributed by atoms with Crippen LogP contribution in [0.4, 0.5) is 11.8 Å². The first kappa shape index (κ1) is 14.1. The van der Waals surface area contributed by atoms with Crippen LogP contribution in [0.3, 0.4) is 0 Å². The minimum atomic E-state index is -0.0148. The lowest BCUT2D eigenvalue weighted by Gasteiger charge is -2.13. The van der Waals surface area contributed by atoms with Crippen LogP contribution in [-0.4, -0.2) is 45.5 Å². The first-order valence-electron chi connectivity index (χ1n) is 6.73. The standard InChI is InChI=1S/C14H16N6O2/c1-22-11-7-8(9-2-3-17-20-9)6-10-12(11)13(16-4-5-21)19-14(15)18-10/h2-3,6-7,21H,4-5H2,1H3,(H,17,20)(H3,15,16,18,19). The highest BCUT2D eigenvalue weighted by atomic mass is 16.5. The van der Waals surface area contributed by atoms with Gasteiger partial charge >= 0.3 is 0 Å². The van der Waals surface area contributed by atoms with Gasteiger partial charge in [-0.15, -0.1) is 0 Å². The highest BCUT2D eigenvalue weighted by molar-refractivity contribution is 5.98. The number of fused-ring (bicyclic) bond motifs is 1. The predicted octanol–water partition coefficient (Wildman–Crippen LogP) is 1.01. The molecule has 0 fully saturated rings. The number of nitrogens with one attached hydrogen (secondary N) is 2. The van der Waals surface area contributed by atoms with Gasteiger partial charge in [0.1, 0.15) is 11.6 Å². The maximum Gasteiger partial charge on any atom is 0.222 e. The van der Waals surface area contributed by atoms with Gasteiger partial charge in [-0.05, 0) is 18.2 Å². The van der Waals surface area contributed by atoms with Crippen LogP contribution in [0.5, 0.6) is 5.75 Å². The molecule has 5 N–H and O–H groups in total. The van der Waals surface area contributed by atoms with Crippen LogP contribution < -0.4 is 15.8 Å². The number of hydrogen-bond acceptors (Lipinski definition) is 7. The van der Waals surface area contributed by atoms with Gasteiger partial charge in [0.25, 0.3) is 0 Å². The number of aliphatic hydroxyl groups excluding tert-OH is 1. The van der Waals surface area contributed by atoms with Crippen LogP contribution in [0.1, 0.15) is 0 Å². The van der Waals surface area contributed by atoms with Crippen molar-refractivity contribution in [1.82, 2.24) is 20.2 Å². The average molecular weight is 300 g/mol. The molecule has 1 aromatic carbocycles. The molecule has 0 atom stereocenters. The van der Waals surface area contributed by atoms with Crippen LogP contribution >= 0.6 is 0 Å². The summed E-state index contributed by atoms with van der Waals surface area (Å²) in [4.78, 5) is 8.45. The van der Waals surface area contributed by atoms with Gasteiger partial charge in [0.05, 0.1) is 30.3 Å². The third kappa shape index (κ3) is 2.51. The van der Waals surface area contributed by atoms with Gasteiger partial charge < -0.3 is 20.9 Å². The normalized spacial score (nSPS) is 10.8. The van der Waals surface area contributed by atoms with Gasteiger partial charge in [0, 0.05) is 18.3 Å². The molecule has 3 rings (SSSR count). The maximum absolute atomic E-state index is 8.98. The number of methoxy groups -OCH3 is 1. The van der Waals surface area contributed by atoms with Gasteiger partial charge in [-0.1, -0.05) is 0 Å². The largest absolute Gasteiger partial charge is 0.496 e. The number of nitrogens with two attached hydrogens (primary N) is 1. The Bertz CT molecular complexity index is 788. The summed E-state index contributed by atoms with van der Waals surface area (Å²) < 4.78 is 5.47. The van der Waals surface area contributed by atoms with Gasteiger partial charge in [-0.2, -0.15) is 10.1 Å². The summed E-state index contributed by atoms with van der Waals surface area (Å²) in [5.74, 6) is 1.28. The fraction of sp³-hybridized carbons (Fsp3) is 0.214. The quantitative estimate of drug-likeness (QED) is 0.554. The van der Waals surface area contributed by atoms with Crippen molar-refractivity contribution in [1.29, 1.82) is 0 Å². The Labute approximate surface area is 126 Å². The molecule has 0 saturated heterocycles. The van der Waals surface area contributed by atoms with Crippen molar-refractivity contribution in [2.45, 2.75) is 0 Å². The Morgan fingerprint density at radius 1 is 1.36 bits per heavy atom. The van der Waals surface area contributed by atoms with E-state index in [0.29, 0.717) is 29.0 Å². The smallest absolute Gasteiger partial charge is 0.222 e. The van der Waals surface area contributed by atoms with E-state index in [1.807, 2.05) is 18.2 Å². The average Bonchev–Trinajstić information content (AvgIpc) is 3.05. The second-order valence-corrected chi connectivity index (χ2v) is 4.61. The summed E-state index contributed by atoms with van der Waals surface area (Å²) in [5.41, 5.74) is 8.05. The molecule has 3 aromatic rings. The number of rotatable bonds is 5. The topological polar surface area (TPSA) is 122 Å². The lowest BCUT2D eigenvalue weighted by Crippen LogP contribution is -2.10. The van der Waals surface area contributed by atoms with Gasteiger partial charge in [-0.25, -0.2) is 4.98 Å². The van der Waals surface area contributed by atoms with Crippen LogP contribution in [0.25, 0.3) is 22.2 Å². The highest BCUT2D eigenvalue weighted by Crippen LogP contribution is 2.35. The van der Waals surface area contributed by atoms with E-state index >= 15 is 0 Å². The molecule has 8 nitrogen and oxygen atoms in total. The molecule has 8 heteroatoms. The lowest BCUT2D eigenvalue weighted by molar-refractivity contribution is 0.311. The zero-order valence-corrected chi connectivity index (χ0v) is 12.0. The van der Waals surface area contributed by atoms with Crippen LogP contribution in [0.2, 0.25) is 0 Å². The molecule has 22 heavy (non-hydrogen) atoms. The molecule has 0 unspecified atom stereocenters. The Morgan fingerprint density at radius 3 is 2.91 bits per heavy atom. The summed E-state index contributed by atoms with van der Waals surface area (Å²) >= 11 is 0. The number of aromatic amines is 1. The molecule has 0 aliphatic rings. The molecule has 0 aliphatic carbocycles. The predicted molar refractivity (Wildman–Crippen MR) is 83.7 cm³/mol. The Kier molecular flexibility index (Phi) is 3.75. The lowest BCUT2D eigenvalue weighted by atomic mass is 10.1. The SMILES string of the molecule is COc1cc(-c2cc[nH]n2)cc2nc(N)nc(NCCO)c12. The monoisotopic (exact) mass is 300 g/mol. The van der Waals surface area contributed by atoms with E-state index in [1.54, 1.807) is 13.3 Å². The first-order chi connectivity index (χ1) is 10.7. The molecule has 0 saturated carbocycles. The number of aromatic nitrogens is 4. The van der Waals surface area contributed by atoms with E-state index in [1.165, 1.54) is 0 Å². The summed E-state index contributed by atoms with van der Waals surface area (Å²) in [6.07, 6.45) is 1.74. The van der Waals surface area contributed by atoms with E-state index in [-0.39, 0.29) is 12.6 Å². The Hall–Kier alpha value is -2.87. The minimum Gasteiger partial charge on any atom is -0.496 e. The van der Waals surface area contributed by atoms with Crippen LogP contribution in [-0.2, 0) is 0 Å². The van der Waals surface area contributed by atoms with E-state index in [9.17, 15) is 0 Å². The van der Waals surface area contributed by atoms with Crippen molar-refractivity contribution >= 4 is 22.7 Å². The number of ether oxygens (including phenoxy) is 1. The summed E-state index contributed by atoms with van der Waals surface area (Å²) in [6, 6.07) is 5.59. The van der Waals surface area contributed by atoms with E-state index < -0.39 is 0 Å².